The summed E-state index contributed by atoms with van der Waals surface area (Å²) >= 11 is 0. The van der Waals surface area contributed by atoms with E-state index in [1.165, 1.54) is 12.8 Å². The molecule has 3 rings (SSSR count). The van der Waals surface area contributed by atoms with E-state index in [2.05, 4.69) is 31.0 Å². The van der Waals surface area contributed by atoms with E-state index in [1.54, 1.807) is 0 Å². The Bertz CT molecular complexity index is 509. The van der Waals surface area contributed by atoms with Crippen LogP contribution in [-0.2, 0) is 14.9 Å². The summed E-state index contributed by atoms with van der Waals surface area (Å²) in [5.74, 6) is 0.382. The number of hydrogen-bond acceptors (Lipinski definition) is 3. The molecule has 0 radical (unpaired) electrons. The van der Waals surface area contributed by atoms with Crippen LogP contribution in [0.1, 0.15) is 44.6 Å². The molecular weight excluding hydrogens is 274 g/mol. The molecule has 2 aliphatic rings. The molecule has 1 saturated heterocycles. The molecular formula is C19H27NO2. The van der Waals surface area contributed by atoms with Crippen molar-refractivity contribution in [1.29, 1.82) is 0 Å². The van der Waals surface area contributed by atoms with Crippen LogP contribution in [0.4, 0.5) is 0 Å². The maximum Gasteiger partial charge on any atom is 0.316 e. The summed E-state index contributed by atoms with van der Waals surface area (Å²) in [6, 6.07) is 10.2. The highest BCUT2D eigenvalue weighted by Crippen LogP contribution is 2.43. The molecule has 1 saturated carbocycles. The molecule has 120 valence electrons. The van der Waals surface area contributed by atoms with E-state index in [0.717, 1.165) is 37.9 Å². The Morgan fingerprint density at radius 1 is 1.18 bits per heavy atom. The van der Waals surface area contributed by atoms with Crippen LogP contribution in [0.25, 0.3) is 0 Å². The Kier molecular flexibility index (Phi) is 4.53. The summed E-state index contributed by atoms with van der Waals surface area (Å²) in [4.78, 5) is 15.3. The second-order valence-corrected chi connectivity index (χ2v) is 7.13. The third-order valence-electron chi connectivity index (χ3n) is 5.59. The van der Waals surface area contributed by atoms with Gasteiger partial charge in [0.15, 0.2) is 0 Å². The van der Waals surface area contributed by atoms with Gasteiger partial charge in [0.05, 0.1) is 5.41 Å². The lowest BCUT2D eigenvalue weighted by atomic mass is 9.71. The molecule has 1 heterocycles. The normalized spacial score (nSPS) is 26.0. The largest absolute Gasteiger partial charge is 0.460 e. The number of nitrogens with zero attached hydrogens (tertiary/aromatic N) is 1. The number of carbonyl (C=O) groups is 1. The maximum atomic E-state index is 13.1. The average Bonchev–Trinajstić information content (AvgIpc) is 3.19. The van der Waals surface area contributed by atoms with Crippen LogP contribution in [-0.4, -0.2) is 37.1 Å². The topological polar surface area (TPSA) is 29.5 Å². The summed E-state index contributed by atoms with van der Waals surface area (Å²) in [6.07, 6.45) is 5.73. The van der Waals surface area contributed by atoms with E-state index in [9.17, 15) is 4.79 Å². The van der Waals surface area contributed by atoms with Crippen LogP contribution in [0.2, 0.25) is 0 Å². The van der Waals surface area contributed by atoms with E-state index >= 15 is 0 Å². The molecule has 2 atom stereocenters. The number of likely N-dealkylation sites (tertiary alicyclic amines) is 1. The number of ether oxygens (including phenoxy) is 1. The van der Waals surface area contributed by atoms with Gasteiger partial charge in [0.25, 0.3) is 0 Å². The predicted octanol–water partition coefficient (Wildman–Crippen LogP) is 3.38. The first-order chi connectivity index (χ1) is 10.6. The molecule has 1 aromatic rings. The van der Waals surface area contributed by atoms with Gasteiger partial charge in [-0.15, -0.1) is 0 Å². The van der Waals surface area contributed by atoms with Gasteiger partial charge < -0.3 is 9.64 Å². The first-order valence-electron chi connectivity index (χ1n) is 8.56. The van der Waals surface area contributed by atoms with E-state index in [-0.39, 0.29) is 12.1 Å². The summed E-state index contributed by atoms with van der Waals surface area (Å²) in [5.41, 5.74) is 0.608. The Balaban J connectivity index is 1.83. The van der Waals surface area contributed by atoms with Crippen LogP contribution in [0.15, 0.2) is 30.3 Å². The Hall–Kier alpha value is -1.35. The molecule has 0 amide bonds. The number of esters is 1. The lowest BCUT2D eigenvalue weighted by Gasteiger charge is -2.34. The highest BCUT2D eigenvalue weighted by atomic mass is 16.5. The predicted molar refractivity (Wildman–Crippen MR) is 87.7 cm³/mol. The minimum absolute atomic E-state index is 0.0223. The van der Waals surface area contributed by atoms with Gasteiger partial charge in [0, 0.05) is 13.1 Å². The Labute approximate surface area is 133 Å². The monoisotopic (exact) mass is 301 g/mol. The highest BCUT2D eigenvalue weighted by molar-refractivity contribution is 5.83. The molecule has 2 fully saturated rings. The van der Waals surface area contributed by atoms with Crippen LogP contribution >= 0.6 is 0 Å². The van der Waals surface area contributed by atoms with Crippen molar-refractivity contribution in [3.8, 4) is 0 Å². The summed E-state index contributed by atoms with van der Waals surface area (Å²) in [5, 5.41) is 0. The first-order valence-corrected chi connectivity index (χ1v) is 8.56. The molecule has 0 aromatic heterocycles. The number of rotatable bonds is 4. The molecule has 0 unspecified atom stereocenters. The third-order valence-corrected chi connectivity index (χ3v) is 5.59. The fourth-order valence-corrected chi connectivity index (χ4v) is 4.07. The van der Waals surface area contributed by atoms with E-state index in [1.807, 2.05) is 18.2 Å². The molecule has 3 nitrogen and oxygen atoms in total. The van der Waals surface area contributed by atoms with Gasteiger partial charge in [-0.3, -0.25) is 4.79 Å². The summed E-state index contributed by atoms with van der Waals surface area (Å²) < 4.78 is 5.93. The van der Waals surface area contributed by atoms with Crippen molar-refractivity contribution in [2.45, 2.75) is 50.5 Å². The van der Waals surface area contributed by atoms with Crippen molar-refractivity contribution >= 4 is 5.97 Å². The lowest BCUT2D eigenvalue weighted by molar-refractivity contribution is -0.157. The van der Waals surface area contributed by atoms with Crippen LogP contribution in [0.5, 0.6) is 0 Å². The zero-order valence-corrected chi connectivity index (χ0v) is 13.8. The minimum Gasteiger partial charge on any atom is -0.460 e. The summed E-state index contributed by atoms with van der Waals surface area (Å²) in [7, 11) is 2.08. The van der Waals surface area contributed by atoms with Crippen molar-refractivity contribution in [1.82, 2.24) is 4.90 Å². The zero-order valence-electron chi connectivity index (χ0n) is 13.8. The summed E-state index contributed by atoms with van der Waals surface area (Å²) in [6.45, 7) is 3.98. The molecule has 0 N–H and O–H groups in total. The molecule has 3 heteroatoms. The van der Waals surface area contributed by atoms with Crippen molar-refractivity contribution in [2.75, 3.05) is 20.1 Å². The molecule has 1 aromatic carbocycles. The standard InChI is InChI=1S/C19H27NO2/c1-19(16-10-6-7-11-16,15-8-4-3-5-9-15)18(21)22-17-12-13-20(2)14-17/h3-5,8-9,16-17H,6-7,10-14H2,1-2H3/t17-,19-/m0/s1. The molecule has 22 heavy (non-hydrogen) atoms. The number of likely N-dealkylation sites (N-methyl/N-ethyl adjacent to an activating group) is 1. The Morgan fingerprint density at radius 3 is 2.45 bits per heavy atom. The minimum atomic E-state index is -0.501. The Morgan fingerprint density at radius 2 is 1.86 bits per heavy atom. The van der Waals surface area contributed by atoms with Crippen molar-refractivity contribution < 1.29 is 9.53 Å². The number of benzene rings is 1. The fourth-order valence-electron chi connectivity index (χ4n) is 4.07. The van der Waals surface area contributed by atoms with E-state index in [4.69, 9.17) is 4.74 Å². The van der Waals surface area contributed by atoms with Gasteiger partial charge in [0.2, 0.25) is 0 Å². The van der Waals surface area contributed by atoms with Gasteiger partial charge in [-0.1, -0.05) is 43.2 Å². The SMILES string of the molecule is CN1CC[C@H](OC(=O)[C@@](C)(c2ccccc2)C2CCCC2)C1. The zero-order chi connectivity index (χ0) is 15.6. The van der Waals surface area contributed by atoms with Crippen molar-refractivity contribution in [3.63, 3.8) is 0 Å². The third kappa shape index (κ3) is 2.91. The second kappa shape index (κ2) is 6.41. The van der Waals surface area contributed by atoms with Gasteiger partial charge in [0.1, 0.15) is 6.10 Å². The molecule has 1 aliphatic heterocycles. The van der Waals surface area contributed by atoms with Crippen molar-refractivity contribution in [3.05, 3.63) is 35.9 Å². The van der Waals surface area contributed by atoms with E-state index in [0.29, 0.717) is 5.92 Å². The van der Waals surface area contributed by atoms with Gasteiger partial charge in [-0.25, -0.2) is 0 Å². The quantitative estimate of drug-likeness (QED) is 0.799. The van der Waals surface area contributed by atoms with Gasteiger partial charge >= 0.3 is 5.97 Å². The first kappa shape index (κ1) is 15.5. The van der Waals surface area contributed by atoms with Crippen molar-refractivity contribution in [2.24, 2.45) is 5.92 Å². The van der Waals surface area contributed by atoms with Crippen LogP contribution in [0.3, 0.4) is 0 Å². The molecule has 1 aliphatic carbocycles. The molecule has 0 spiro atoms. The van der Waals surface area contributed by atoms with Gasteiger partial charge in [-0.2, -0.15) is 0 Å². The molecule has 0 bridgehead atoms. The smallest absolute Gasteiger partial charge is 0.316 e. The number of carbonyl (C=O) groups excluding carboxylic acids is 1. The highest BCUT2D eigenvalue weighted by Gasteiger charge is 2.46. The average molecular weight is 301 g/mol. The van der Waals surface area contributed by atoms with E-state index < -0.39 is 5.41 Å². The number of hydrogen-bond donors (Lipinski definition) is 0. The van der Waals surface area contributed by atoms with Crippen LogP contribution in [0, 0.1) is 5.92 Å². The lowest BCUT2D eigenvalue weighted by Crippen LogP contribution is -2.42. The van der Waals surface area contributed by atoms with Crippen LogP contribution < -0.4 is 0 Å². The second-order valence-electron chi connectivity index (χ2n) is 7.13. The van der Waals surface area contributed by atoms with Gasteiger partial charge in [-0.05, 0) is 44.7 Å². The fraction of sp³-hybridized carbons (Fsp3) is 0.632. The maximum absolute atomic E-state index is 13.1.